The number of nitrogens with zero attached hydrogens (tertiary/aromatic N) is 3. The second-order valence-corrected chi connectivity index (χ2v) is 5.28. The summed E-state index contributed by atoms with van der Waals surface area (Å²) >= 11 is 0. The molecule has 2 rings (SSSR count). The fourth-order valence-corrected chi connectivity index (χ4v) is 2.40. The number of aryl methyl sites for hydroxylation is 1. The average molecular weight is 276 g/mol. The van der Waals surface area contributed by atoms with E-state index in [9.17, 15) is 9.59 Å². The number of hydrogen-bond acceptors (Lipinski definition) is 4. The van der Waals surface area contributed by atoms with E-state index in [1.165, 1.54) is 0 Å². The lowest BCUT2D eigenvalue weighted by Crippen LogP contribution is -2.40. The SMILES string of the molecule is Cc1cccnc1C(=O)N1CCN(C)C[C@H](C(N)=O)C1. The molecule has 1 atom stereocenters. The van der Waals surface area contributed by atoms with Crippen molar-refractivity contribution >= 4 is 11.8 Å². The van der Waals surface area contributed by atoms with Gasteiger partial charge in [0.05, 0.1) is 5.92 Å². The van der Waals surface area contributed by atoms with Gasteiger partial charge in [-0.2, -0.15) is 0 Å². The number of hydrogen-bond donors (Lipinski definition) is 1. The average Bonchev–Trinajstić information content (AvgIpc) is 2.61. The van der Waals surface area contributed by atoms with Gasteiger partial charge in [0.2, 0.25) is 5.91 Å². The van der Waals surface area contributed by atoms with E-state index in [0.29, 0.717) is 25.3 Å². The van der Waals surface area contributed by atoms with Crippen LogP contribution in [0.4, 0.5) is 0 Å². The Hall–Kier alpha value is -1.95. The fourth-order valence-electron chi connectivity index (χ4n) is 2.40. The van der Waals surface area contributed by atoms with Crippen molar-refractivity contribution in [3.8, 4) is 0 Å². The van der Waals surface area contributed by atoms with Crippen LogP contribution in [0.2, 0.25) is 0 Å². The van der Waals surface area contributed by atoms with Gasteiger partial charge in [-0.3, -0.25) is 14.6 Å². The van der Waals surface area contributed by atoms with E-state index in [-0.39, 0.29) is 17.7 Å². The zero-order chi connectivity index (χ0) is 14.7. The van der Waals surface area contributed by atoms with Crippen molar-refractivity contribution in [3.05, 3.63) is 29.6 Å². The molecule has 1 aliphatic rings. The van der Waals surface area contributed by atoms with Crippen LogP contribution in [0.3, 0.4) is 0 Å². The molecular formula is C14H20N4O2. The van der Waals surface area contributed by atoms with Crippen molar-refractivity contribution in [2.24, 2.45) is 11.7 Å². The summed E-state index contributed by atoms with van der Waals surface area (Å²) in [6.07, 6.45) is 1.61. The zero-order valence-electron chi connectivity index (χ0n) is 11.9. The summed E-state index contributed by atoms with van der Waals surface area (Å²) in [4.78, 5) is 31.9. The maximum Gasteiger partial charge on any atom is 0.272 e. The van der Waals surface area contributed by atoms with Gasteiger partial charge in [0.25, 0.3) is 5.91 Å². The van der Waals surface area contributed by atoms with Crippen LogP contribution >= 0.6 is 0 Å². The van der Waals surface area contributed by atoms with Crippen LogP contribution in [0.5, 0.6) is 0 Å². The highest BCUT2D eigenvalue weighted by atomic mass is 16.2. The standard InChI is InChI=1S/C14H20N4O2/c1-10-4-3-5-16-12(10)14(20)18-7-6-17(2)8-11(9-18)13(15)19/h3-5,11H,6-9H2,1-2H3,(H2,15,19)/t11-/m0/s1. The molecule has 1 aromatic heterocycles. The molecule has 108 valence electrons. The van der Waals surface area contributed by atoms with Crippen LogP contribution in [0.25, 0.3) is 0 Å². The number of nitrogens with two attached hydrogens (primary N) is 1. The largest absolute Gasteiger partial charge is 0.369 e. The van der Waals surface area contributed by atoms with Crippen molar-refractivity contribution < 1.29 is 9.59 Å². The minimum Gasteiger partial charge on any atom is -0.369 e. The quantitative estimate of drug-likeness (QED) is 0.816. The van der Waals surface area contributed by atoms with E-state index in [4.69, 9.17) is 5.73 Å². The normalized spacial score (nSPS) is 20.5. The van der Waals surface area contributed by atoms with Crippen LogP contribution < -0.4 is 5.73 Å². The number of amides is 2. The summed E-state index contributed by atoms with van der Waals surface area (Å²) in [7, 11) is 1.93. The Morgan fingerprint density at radius 3 is 2.75 bits per heavy atom. The van der Waals surface area contributed by atoms with Crippen molar-refractivity contribution in [2.75, 3.05) is 33.2 Å². The highest BCUT2D eigenvalue weighted by Crippen LogP contribution is 2.13. The third kappa shape index (κ3) is 3.14. The Kier molecular flexibility index (Phi) is 4.34. The van der Waals surface area contributed by atoms with Crippen molar-refractivity contribution in [1.82, 2.24) is 14.8 Å². The summed E-state index contributed by atoms with van der Waals surface area (Å²) in [5.41, 5.74) is 6.69. The maximum absolute atomic E-state index is 12.5. The highest BCUT2D eigenvalue weighted by Gasteiger charge is 2.28. The minimum atomic E-state index is -0.366. The molecule has 0 spiro atoms. The molecule has 1 saturated heterocycles. The van der Waals surface area contributed by atoms with Crippen LogP contribution in [0, 0.1) is 12.8 Å². The van der Waals surface area contributed by atoms with Crippen LogP contribution in [-0.2, 0) is 4.79 Å². The van der Waals surface area contributed by atoms with Crippen molar-refractivity contribution in [1.29, 1.82) is 0 Å². The monoisotopic (exact) mass is 276 g/mol. The highest BCUT2D eigenvalue weighted by molar-refractivity contribution is 5.94. The van der Waals surface area contributed by atoms with E-state index in [1.807, 2.05) is 24.9 Å². The van der Waals surface area contributed by atoms with Gasteiger partial charge in [-0.15, -0.1) is 0 Å². The molecule has 6 nitrogen and oxygen atoms in total. The number of carbonyl (C=O) groups is 2. The molecule has 0 aromatic carbocycles. The number of likely N-dealkylation sites (N-methyl/N-ethyl adjacent to an activating group) is 1. The summed E-state index contributed by atoms with van der Waals surface area (Å²) < 4.78 is 0. The molecule has 2 amide bonds. The molecule has 1 fully saturated rings. The minimum absolute atomic E-state index is 0.135. The Bertz CT molecular complexity index is 518. The van der Waals surface area contributed by atoms with Crippen molar-refractivity contribution in [2.45, 2.75) is 6.92 Å². The van der Waals surface area contributed by atoms with E-state index in [2.05, 4.69) is 4.98 Å². The molecule has 0 radical (unpaired) electrons. The Labute approximate surface area is 118 Å². The number of pyridine rings is 1. The zero-order valence-corrected chi connectivity index (χ0v) is 11.9. The molecule has 1 aliphatic heterocycles. The first-order valence-electron chi connectivity index (χ1n) is 6.67. The molecule has 1 aromatic rings. The number of aromatic nitrogens is 1. The topological polar surface area (TPSA) is 79.5 Å². The van der Waals surface area contributed by atoms with Gasteiger partial charge in [-0.05, 0) is 25.6 Å². The third-order valence-electron chi connectivity index (χ3n) is 3.63. The first-order chi connectivity index (χ1) is 9.49. The van der Waals surface area contributed by atoms with Crippen LogP contribution in [-0.4, -0.2) is 59.8 Å². The molecule has 2 heterocycles. The van der Waals surface area contributed by atoms with Gasteiger partial charge >= 0.3 is 0 Å². The first-order valence-corrected chi connectivity index (χ1v) is 6.67. The van der Waals surface area contributed by atoms with Gasteiger partial charge in [0.1, 0.15) is 5.69 Å². The lowest BCUT2D eigenvalue weighted by atomic mass is 10.1. The fraction of sp³-hybridized carbons (Fsp3) is 0.500. The molecule has 0 bridgehead atoms. The summed E-state index contributed by atoms with van der Waals surface area (Å²) in [6, 6.07) is 3.66. The van der Waals surface area contributed by atoms with Gasteiger partial charge < -0.3 is 15.5 Å². The number of carbonyl (C=O) groups excluding carboxylic acids is 2. The van der Waals surface area contributed by atoms with Gasteiger partial charge in [-0.1, -0.05) is 6.07 Å². The Balaban J connectivity index is 2.20. The lowest BCUT2D eigenvalue weighted by molar-refractivity contribution is -0.122. The lowest BCUT2D eigenvalue weighted by Gasteiger charge is -2.22. The van der Waals surface area contributed by atoms with Gasteiger partial charge in [-0.25, -0.2) is 0 Å². The number of rotatable bonds is 2. The van der Waals surface area contributed by atoms with Crippen LogP contribution in [0.15, 0.2) is 18.3 Å². The second-order valence-electron chi connectivity index (χ2n) is 5.28. The first kappa shape index (κ1) is 14.5. The molecule has 0 saturated carbocycles. The summed E-state index contributed by atoms with van der Waals surface area (Å²) in [5, 5.41) is 0. The maximum atomic E-state index is 12.5. The smallest absolute Gasteiger partial charge is 0.272 e. The van der Waals surface area contributed by atoms with Gasteiger partial charge in [0.15, 0.2) is 0 Å². The van der Waals surface area contributed by atoms with E-state index in [0.717, 1.165) is 12.1 Å². The predicted octanol–water partition coefficient (Wildman–Crippen LogP) is -0.121. The predicted molar refractivity (Wildman–Crippen MR) is 75.1 cm³/mol. The number of primary amides is 1. The van der Waals surface area contributed by atoms with E-state index >= 15 is 0 Å². The third-order valence-corrected chi connectivity index (χ3v) is 3.63. The Morgan fingerprint density at radius 2 is 2.10 bits per heavy atom. The van der Waals surface area contributed by atoms with E-state index in [1.54, 1.807) is 17.2 Å². The molecule has 6 heteroatoms. The Morgan fingerprint density at radius 1 is 1.35 bits per heavy atom. The van der Waals surface area contributed by atoms with E-state index < -0.39 is 0 Å². The summed E-state index contributed by atoms with van der Waals surface area (Å²) in [5.74, 6) is -0.839. The molecule has 20 heavy (non-hydrogen) atoms. The van der Waals surface area contributed by atoms with Crippen molar-refractivity contribution in [3.63, 3.8) is 0 Å². The summed E-state index contributed by atoms with van der Waals surface area (Å²) in [6.45, 7) is 4.10. The van der Waals surface area contributed by atoms with Crippen LogP contribution in [0.1, 0.15) is 16.1 Å². The second kappa shape index (κ2) is 6.00. The molecule has 0 aliphatic carbocycles. The molecular weight excluding hydrogens is 256 g/mol. The van der Waals surface area contributed by atoms with Gasteiger partial charge in [0, 0.05) is 32.4 Å². The molecule has 0 unspecified atom stereocenters. The molecule has 2 N–H and O–H groups in total.